The van der Waals surface area contributed by atoms with Crippen molar-refractivity contribution in [1.29, 1.82) is 0 Å². The molecular weight excluding hydrogens is 347 g/mol. The Morgan fingerprint density at radius 2 is 2.04 bits per heavy atom. The lowest BCUT2D eigenvalue weighted by molar-refractivity contribution is -0.129. The van der Waals surface area contributed by atoms with Crippen molar-refractivity contribution in [3.8, 4) is 16.9 Å². The number of nitrogens with zero attached hydrogens (tertiary/aromatic N) is 1. The van der Waals surface area contributed by atoms with Gasteiger partial charge in [-0.05, 0) is 29.8 Å². The molecule has 2 aromatic rings. The Morgan fingerprint density at radius 1 is 1.26 bits per heavy atom. The van der Waals surface area contributed by atoms with Gasteiger partial charge in [0, 0.05) is 24.2 Å². The molecule has 140 valence electrons. The number of para-hydroxylation sites is 1. The van der Waals surface area contributed by atoms with Crippen molar-refractivity contribution in [2.75, 3.05) is 25.5 Å². The Labute approximate surface area is 157 Å². The first kappa shape index (κ1) is 18.6. The quantitative estimate of drug-likeness (QED) is 0.823. The Balaban J connectivity index is 1.78. The third kappa shape index (κ3) is 3.84. The summed E-state index contributed by atoms with van der Waals surface area (Å²) >= 11 is 0. The fourth-order valence-electron chi connectivity index (χ4n) is 3.17. The van der Waals surface area contributed by atoms with E-state index >= 15 is 4.39 Å². The number of nitrogens with one attached hydrogen (secondary N) is 1. The lowest BCUT2D eigenvalue weighted by atomic mass is 10.0. The molecule has 0 spiro atoms. The number of alkyl halides is 1. The van der Waals surface area contributed by atoms with Crippen LogP contribution in [0.15, 0.2) is 61.2 Å². The van der Waals surface area contributed by atoms with E-state index in [1.54, 1.807) is 25.3 Å². The van der Waals surface area contributed by atoms with Gasteiger partial charge in [-0.3, -0.25) is 9.59 Å². The number of benzene rings is 2. The van der Waals surface area contributed by atoms with Crippen LogP contribution in [0.5, 0.6) is 5.75 Å². The van der Waals surface area contributed by atoms with E-state index in [-0.39, 0.29) is 25.4 Å². The predicted octanol–water partition coefficient (Wildman–Crippen LogP) is 3.43. The molecule has 1 heterocycles. The molecule has 1 aliphatic heterocycles. The Morgan fingerprint density at radius 3 is 2.78 bits per heavy atom. The molecule has 0 radical (unpaired) electrons. The second-order valence-electron chi connectivity index (χ2n) is 6.41. The molecular formula is C21H21FN2O3. The molecule has 0 aliphatic carbocycles. The largest absolute Gasteiger partial charge is 0.496 e. The number of carbonyl (C=O) groups excluding carboxylic acids is 2. The van der Waals surface area contributed by atoms with Crippen LogP contribution in [0.25, 0.3) is 11.1 Å². The molecule has 0 saturated carbocycles. The van der Waals surface area contributed by atoms with Gasteiger partial charge in [0.05, 0.1) is 13.7 Å². The topological polar surface area (TPSA) is 58.6 Å². The number of ether oxygens (including phenoxy) is 1. The van der Waals surface area contributed by atoms with Crippen molar-refractivity contribution < 1.29 is 18.7 Å². The van der Waals surface area contributed by atoms with Crippen molar-refractivity contribution in [2.24, 2.45) is 0 Å². The standard InChI is InChI=1S/C21H21FN2O3/c1-3-19(25)24-12-11-21(22,14-24)20(26)23-16-8-6-7-15(13-16)17-9-4-5-10-18(17)27-2/h3-10,13H,1,11-12,14H2,2H3,(H,23,26). The lowest BCUT2D eigenvalue weighted by Gasteiger charge is -2.20. The van der Waals surface area contributed by atoms with Crippen LogP contribution in [0.4, 0.5) is 10.1 Å². The van der Waals surface area contributed by atoms with E-state index in [2.05, 4.69) is 11.9 Å². The fraction of sp³-hybridized carbons (Fsp3) is 0.238. The zero-order valence-electron chi connectivity index (χ0n) is 15.1. The van der Waals surface area contributed by atoms with Crippen molar-refractivity contribution in [3.63, 3.8) is 0 Å². The summed E-state index contributed by atoms with van der Waals surface area (Å²) in [5.74, 6) is -0.420. The highest BCUT2D eigenvalue weighted by atomic mass is 19.1. The maximum absolute atomic E-state index is 15.0. The SMILES string of the molecule is C=CC(=O)N1CCC(F)(C(=O)Nc2cccc(-c3ccccc3OC)c2)C1. The second-order valence-corrected chi connectivity index (χ2v) is 6.41. The van der Waals surface area contributed by atoms with E-state index in [4.69, 9.17) is 4.74 Å². The summed E-state index contributed by atoms with van der Waals surface area (Å²) in [6.45, 7) is 3.32. The van der Waals surface area contributed by atoms with Crippen molar-refractivity contribution >= 4 is 17.5 Å². The van der Waals surface area contributed by atoms with E-state index in [1.807, 2.05) is 30.3 Å². The molecule has 1 saturated heterocycles. The fourth-order valence-corrected chi connectivity index (χ4v) is 3.17. The number of likely N-dealkylation sites (tertiary alicyclic amines) is 1. The summed E-state index contributed by atoms with van der Waals surface area (Å²) < 4.78 is 20.4. The Kier molecular flexibility index (Phi) is 5.26. The average Bonchev–Trinajstić information content (AvgIpc) is 3.11. The minimum atomic E-state index is -2.11. The number of hydrogen-bond acceptors (Lipinski definition) is 3. The van der Waals surface area contributed by atoms with Gasteiger partial charge in [-0.2, -0.15) is 0 Å². The summed E-state index contributed by atoms with van der Waals surface area (Å²) in [5, 5.41) is 2.63. The maximum atomic E-state index is 15.0. The van der Waals surface area contributed by atoms with Gasteiger partial charge >= 0.3 is 0 Å². The van der Waals surface area contributed by atoms with Crippen LogP contribution < -0.4 is 10.1 Å². The number of rotatable bonds is 5. The van der Waals surface area contributed by atoms with Crippen LogP contribution in [0.2, 0.25) is 0 Å². The highest BCUT2D eigenvalue weighted by Gasteiger charge is 2.46. The third-order valence-electron chi connectivity index (χ3n) is 4.65. The monoisotopic (exact) mass is 368 g/mol. The molecule has 1 atom stereocenters. The van der Waals surface area contributed by atoms with Gasteiger partial charge in [-0.1, -0.05) is 36.9 Å². The molecule has 1 fully saturated rings. The van der Waals surface area contributed by atoms with Gasteiger partial charge in [0.2, 0.25) is 11.6 Å². The Bertz CT molecular complexity index is 883. The first-order chi connectivity index (χ1) is 13.0. The minimum absolute atomic E-state index is 0.0371. The number of amides is 2. The van der Waals surface area contributed by atoms with E-state index < -0.39 is 11.6 Å². The van der Waals surface area contributed by atoms with Crippen molar-refractivity contribution in [3.05, 3.63) is 61.2 Å². The van der Waals surface area contributed by atoms with Gasteiger partial charge in [0.1, 0.15) is 5.75 Å². The van der Waals surface area contributed by atoms with Gasteiger partial charge in [-0.15, -0.1) is 0 Å². The summed E-state index contributed by atoms with van der Waals surface area (Å²) in [6, 6.07) is 14.7. The van der Waals surface area contributed by atoms with E-state index in [0.717, 1.165) is 17.2 Å². The van der Waals surface area contributed by atoms with Crippen LogP contribution in [0.1, 0.15) is 6.42 Å². The van der Waals surface area contributed by atoms with Crippen LogP contribution in [-0.4, -0.2) is 42.6 Å². The van der Waals surface area contributed by atoms with Gasteiger partial charge in [0.15, 0.2) is 0 Å². The number of hydrogen-bond donors (Lipinski definition) is 1. The summed E-state index contributed by atoms with van der Waals surface area (Å²) in [6.07, 6.45) is 1.09. The van der Waals surface area contributed by atoms with Gasteiger partial charge < -0.3 is 15.0 Å². The zero-order valence-corrected chi connectivity index (χ0v) is 15.1. The molecule has 27 heavy (non-hydrogen) atoms. The first-order valence-electron chi connectivity index (χ1n) is 8.62. The molecule has 0 aromatic heterocycles. The number of anilines is 1. The molecule has 2 aromatic carbocycles. The van der Waals surface area contributed by atoms with E-state index in [1.165, 1.54) is 4.90 Å². The van der Waals surface area contributed by atoms with E-state index in [0.29, 0.717) is 11.4 Å². The average molecular weight is 368 g/mol. The summed E-state index contributed by atoms with van der Waals surface area (Å²) in [7, 11) is 1.59. The molecule has 1 aliphatic rings. The van der Waals surface area contributed by atoms with Crippen molar-refractivity contribution in [2.45, 2.75) is 12.1 Å². The van der Waals surface area contributed by atoms with Crippen LogP contribution in [0, 0.1) is 0 Å². The molecule has 1 N–H and O–H groups in total. The smallest absolute Gasteiger partial charge is 0.264 e. The number of carbonyl (C=O) groups is 2. The minimum Gasteiger partial charge on any atom is -0.496 e. The Hall–Kier alpha value is -3.15. The molecule has 5 nitrogen and oxygen atoms in total. The number of halogens is 1. The highest BCUT2D eigenvalue weighted by molar-refractivity contribution is 5.99. The van der Waals surface area contributed by atoms with Crippen LogP contribution in [0.3, 0.4) is 0 Å². The molecule has 2 amide bonds. The predicted molar refractivity (Wildman–Crippen MR) is 102 cm³/mol. The second kappa shape index (κ2) is 7.61. The lowest BCUT2D eigenvalue weighted by Crippen LogP contribution is -2.42. The summed E-state index contributed by atoms with van der Waals surface area (Å²) in [4.78, 5) is 25.4. The first-order valence-corrected chi connectivity index (χ1v) is 8.62. The molecule has 1 unspecified atom stereocenters. The molecule has 3 rings (SSSR count). The number of methoxy groups -OCH3 is 1. The third-order valence-corrected chi connectivity index (χ3v) is 4.65. The van der Waals surface area contributed by atoms with Crippen LogP contribution >= 0.6 is 0 Å². The van der Waals surface area contributed by atoms with Gasteiger partial charge in [-0.25, -0.2) is 4.39 Å². The van der Waals surface area contributed by atoms with Crippen LogP contribution in [-0.2, 0) is 9.59 Å². The highest BCUT2D eigenvalue weighted by Crippen LogP contribution is 2.32. The van der Waals surface area contributed by atoms with E-state index in [9.17, 15) is 9.59 Å². The normalized spacial score (nSPS) is 18.8. The molecule has 6 heteroatoms. The van der Waals surface area contributed by atoms with Gasteiger partial charge in [0.25, 0.3) is 5.91 Å². The molecule has 0 bridgehead atoms. The summed E-state index contributed by atoms with van der Waals surface area (Å²) in [5.41, 5.74) is 0.0794. The zero-order chi connectivity index (χ0) is 19.4. The van der Waals surface area contributed by atoms with Crippen molar-refractivity contribution in [1.82, 2.24) is 4.90 Å². The maximum Gasteiger partial charge on any atom is 0.264 e.